The van der Waals surface area contributed by atoms with E-state index in [4.69, 9.17) is 0 Å². The third-order valence-electron chi connectivity index (χ3n) is 3.80. The van der Waals surface area contributed by atoms with Gasteiger partial charge in [-0.2, -0.15) is 0 Å². The van der Waals surface area contributed by atoms with E-state index in [2.05, 4.69) is 33.4 Å². The summed E-state index contributed by atoms with van der Waals surface area (Å²) in [5.74, 6) is -1.03. The Morgan fingerprint density at radius 2 is 1.95 bits per heavy atom. The predicted octanol–water partition coefficient (Wildman–Crippen LogP) is 4.50. The summed E-state index contributed by atoms with van der Waals surface area (Å²) in [5, 5.41) is 3.26. The van der Waals surface area contributed by atoms with Crippen LogP contribution in [0.5, 0.6) is 0 Å². The van der Waals surface area contributed by atoms with Gasteiger partial charge in [-0.3, -0.25) is 0 Å². The molecule has 0 fully saturated rings. The zero-order valence-electron chi connectivity index (χ0n) is 10.8. The van der Waals surface area contributed by atoms with E-state index in [0.717, 1.165) is 12.8 Å². The zero-order valence-corrected chi connectivity index (χ0v) is 12.4. The fourth-order valence-electron chi connectivity index (χ4n) is 2.73. The van der Waals surface area contributed by atoms with Gasteiger partial charge in [-0.25, -0.2) is 8.78 Å². The molecule has 0 bridgehead atoms. The molecule has 4 heteroatoms. The maximum Gasteiger partial charge on any atom is 0.144 e. The van der Waals surface area contributed by atoms with Gasteiger partial charge in [0.05, 0.1) is 4.47 Å². The van der Waals surface area contributed by atoms with Crippen LogP contribution in [-0.2, 0) is 13.0 Å². The Balaban J connectivity index is 1.77. The highest BCUT2D eigenvalue weighted by atomic mass is 79.9. The highest BCUT2D eigenvalue weighted by molar-refractivity contribution is 9.10. The zero-order chi connectivity index (χ0) is 14.1. The summed E-state index contributed by atoms with van der Waals surface area (Å²) in [4.78, 5) is 0. The van der Waals surface area contributed by atoms with Crippen molar-refractivity contribution < 1.29 is 8.78 Å². The lowest BCUT2D eigenvalue weighted by Crippen LogP contribution is -2.20. The molecular weight excluding hydrogens is 324 g/mol. The van der Waals surface area contributed by atoms with Gasteiger partial charge in [-0.15, -0.1) is 0 Å². The molecule has 0 amide bonds. The third-order valence-corrected chi connectivity index (χ3v) is 4.41. The lowest BCUT2D eigenvalue weighted by Gasteiger charge is -2.15. The molecule has 0 aromatic heterocycles. The smallest absolute Gasteiger partial charge is 0.144 e. The van der Waals surface area contributed by atoms with Crippen molar-refractivity contribution in [1.82, 2.24) is 5.32 Å². The van der Waals surface area contributed by atoms with Crippen LogP contribution in [0.25, 0.3) is 0 Å². The normalized spacial score (nSPS) is 17.2. The Kier molecular flexibility index (Phi) is 3.85. The fraction of sp³-hybridized carbons (Fsp3) is 0.250. The number of benzene rings is 2. The van der Waals surface area contributed by atoms with E-state index in [1.807, 2.05) is 12.1 Å². The van der Waals surface area contributed by atoms with E-state index < -0.39 is 11.6 Å². The van der Waals surface area contributed by atoms with Gasteiger partial charge in [-0.05, 0) is 52.0 Å². The van der Waals surface area contributed by atoms with Crippen molar-refractivity contribution in [1.29, 1.82) is 0 Å². The summed E-state index contributed by atoms with van der Waals surface area (Å²) < 4.78 is 27.9. The molecule has 1 nitrogen and oxygen atoms in total. The average molecular weight is 338 g/mol. The molecule has 2 aromatic rings. The molecule has 1 aliphatic rings. The second-order valence-electron chi connectivity index (χ2n) is 4.99. The van der Waals surface area contributed by atoms with Gasteiger partial charge in [0.2, 0.25) is 0 Å². The molecule has 0 saturated carbocycles. The Morgan fingerprint density at radius 3 is 2.80 bits per heavy atom. The lowest BCUT2D eigenvalue weighted by atomic mass is 10.1. The molecule has 0 radical (unpaired) electrons. The Hall–Kier alpha value is -1.26. The largest absolute Gasteiger partial charge is 0.306 e. The van der Waals surface area contributed by atoms with E-state index in [1.165, 1.54) is 23.3 Å². The summed E-state index contributed by atoms with van der Waals surface area (Å²) in [6.45, 7) is 0.191. The van der Waals surface area contributed by atoms with Crippen LogP contribution in [0.2, 0.25) is 0 Å². The number of halogens is 3. The summed E-state index contributed by atoms with van der Waals surface area (Å²) >= 11 is 3.09. The van der Waals surface area contributed by atoms with Crippen LogP contribution in [0.15, 0.2) is 40.9 Å². The molecule has 1 aliphatic carbocycles. The molecule has 0 aliphatic heterocycles. The maximum absolute atomic E-state index is 13.9. The first kappa shape index (κ1) is 13.7. The summed E-state index contributed by atoms with van der Waals surface area (Å²) in [7, 11) is 0. The Bertz CT molecular complexity index is 642. The predicted molar refractivity (Wildman–Crippen MR) is 78.4 cm³/mol. The standard InChI is InChI=1S/C16H14BrF2N/c17-13-6-7-14(18)12(16(13)19)9-20-15-8-5-10-3-1-2-4-11(10)15/h1-4,6-7,15,20H,5,8-9H2. The third kappa shape index (κ3) is 2.50. The number of rotatable bonds is 3. The minimum atomic E-state index is -0.524. The van der Waals surface area contributed by atoms with Crippen LogP contribution < -0.4 is 5.32 Å². The summed E-state index contributed by atoms with van der Waals surface area (Å²) in [6.07, 6.45) is 1.98. The van der Waals surface area contributed by atoms with Gasteiger partial charge in [0, 0.05) is 18.2 Å². The highest BCUT2D eigenvalue weighted by Gasteiger charge is 2.22. The van der Waals surface area contributed by atoms with Crippen LogP contribution in [0.3, 0.4) is 0 Å². The van der Waals surface area contributed by atoms with Crippen LogP contribution in [0.1, 0.15) is 29.2 Å². The quantitative estimate of drug-likeness (QED) is 0.813. The molecule has 1 atom stereocenters. The SMILES string of the molecule is Fc1ccc(Br)c(F)c1CNC1CCc2ccccc21. The molecule has 0 spiro atoms. The summed E-state index contributed by atoms with van der Waals surface area (Å²) in [5.41, 5.74) is 2.65. The first-order valence-electron chi connectivity index (χ1n) is 6.60. The molecule has 0 heterocycles. The molecule has 20 heavy (non-hydrogen) atoms. The van der Waals surface area contributed by atoms with Gasteiger partial charge < -0.3 is 5.32 Å². The first-order chi connectivity index (χ1) is 9.66. The molecule has 1 N–H and O–H groups in total. The van der Waals surface area contributed by atoms with Crippen molar-refractivity contribution >= 4 is 15.9 Å². The number of aryl methyl sites for hydroxylation is 1. The number of nitrogens with one attached hydrogen (secondary N) is 1. The van der Waals surface area contributed by atoms with Gasteiger partial charge in [0.1, 0.15) is 11.6 Å². The molecule has 1 unspecified atom stereocenters. The van der Waals surface area contributed by atoms with Gasteiger partial charge in [0.25, 0.3) is 0 Å². The van der Waals surface area contributed by atoms with Crippen LogP contribution in [0.4, 0.5) is 8.78 Å². The van der Waals surface area contributed by atoms with Crippen molar-refractivity contribution in [2.75, 3.05) is 0 Å². The van der Waals surface area contributed by atoms with Crippen molar-refractivity contribution in [2.24, 2.45) is 0 Å². The van der Waals surface area contributed by atoms with E-state index in [-0.39, 0.29) is 18.2 Å². The Labute approximate surface area is 125 Å². The minimum Gasteiger partial charge on any atom is -0.306 e. The first-order valence-corrected chi connectivity index (χ1v) is 7.39. The van der Waals surface area contributed by atoms with Crippen LogP contribution >= 0.6 is 15.9 Å². The molecule has 3 rings (SSSR count). The Morgan fingerprint density at radius 1 is 1.15 bits per heavy atom. The minimum absolute atomic E-state index is 0.0868. The molecule has 104 valence electrons. The highest BCUT2D eigenvalue weighted by Crippen LogP contribution is 2.31. The average Bonchev–Trinajstić information content (AvgIpc) is 2.87. The topological polar surface area (TPSA) is 12.0 Å². The van der Waals surface area contributed by atoms with Crippen molar-refractivity contribution in [3.05, 3.63) is 69.2 Å². The summed E-state index contributed by atoms with van der Waals surface area (Å²) in [6, 6.07) is 11.0. The molecular formula is C16H14BrF2N. The molecule has 2 aromatic carbocycles. The number of hydrogen-bond donors (Lipinski definition) is 1. The fourth-order valence-corrected chi connectivity index (χ4v) is 3.10. The van der Waals surface area contributed by atoms with Gasteiger partial charge >= 0.3 is 0 Å². The van der Waals surface area contributed by atoms with Crippen molar-refractivity contribution in [2.45, 2.75) is 25.4 Å². The second kappa shape index (κ2) is 5.62. The van der Waals surface area contributed by atoms with E-state index >= 15 is 0 Å². The number of fused-ring (bicyclic) bond motifs is 1. The second-order valence-corrected chi connectivity index (χ2v) is 5.85. The van der Waals surface area contributed by atoms with Crippen molar-refractivity contribution in [3.63, 3.8) is 0 Å². The monoisotopic (exact) mass is 337 g/mol. The van der Waals surface area contributed by atoms with Crippen molar-refractivity contribution in [3.8, 4) is 0 Å². The van der Waals surface area contributed by atoms with Crippen LogP contribution in [0, 0.1) is 11.6 Å². The maximum atomic E-state index is 13.9. The number of hydrogen-bond acceptors (Lipinski definition) is 1. The van der Waals surface area contributed by atoms with E-state index in [1.54, 1.807) is 0 Å². The van der Waals surface area contributed by atoms with Gasteiger partial charge in [0.15, 0.2) is 0 Å². The van der Waals surface area contributed by atoms with Gasteiger partial charge in [-0.1, -0.05) is 24.3 Å². The molecule has 0 saturated heterocycles. The lowest BCUT2D eigenvalue weighted by molar-refractivity contribution is 0.488. The van der Waals surface area contributed by atoms with E-state index in [0.29, 0.717) is 4.47 Å². The van der Waals surface area contributed by atoms with Crippen LogP contribution in [-0.4, -0.2) is 0 Å². The van der Waals surface area contributed by atoms with E-state index in [9.17, 15) is 8.78 Å².